The normalized spacial score (nSPS) is 18.6. The van der Waals surface area contributed by atoms with Crippen LogP contribution in [0.2, 0.25) is 0 Å². The van der Waals surface area contributed by atoms with Crippen molar-refractivity contribution >= 4 is 22.6 Å². The second-order valence-electron chi connectivity index (χ2n) is 5.78. The van der Waals surface area contributed by atoms with Crippen LogP contribution in [0.4, 0.5) is 4.39 Å². The predicted molar refractivity (Wildman–Crippen MR) is 82.2 cm³/mol. The van der Waals surface area contributed by atoms with Gasteiger partial charge in [-0.2, -0.15) is 0 Å². The van der Waals surface area contributed by atoms with Crippen LogP contribution in [0.1, 0.15) is 43.0 Å². The van der Waals surface area contributed by atoms with Gasteiger partial charge < -0.3 is 9.88 Å². The number of aromatic amines is 1. The molecule has 0 aliphatic carbocycles. The maximum Gasteiger partial charge on any atom is 0.295 e. The Balaban J connectivity index is 1.90. The van der Waals surface area contributed by atoms with Gasteiger partial charge in [0.05, 0.1) is 5.56 Å². The standard InChI is InChI=1S/C17H19FN2O2/c1-2-12-5-3-4-8-20(12)17(22)16(21)14-10-19-15-9-11(18)6-7-13(14)15/h6-7,9-10,12,19H,2-5,8H2,1H3. The van der Waals surface area contributed by atoms with E-state index in [2.05, 4.69) is 4.98 Å². The summed E-state index contributed by atoms with van der Waals surface area (Å²) in [7, 11) is 0. The third-order valence-corrected chi connectivity index (χ3v) is 4.44. The SMILES string of the molecule is CCC1CCCCN1C(=O)C(=O)c1c[nH]c2cc(F)ccc12. The Hall–Kier alpha value is -2.17. The summed E-state index contributed by atoms with van der Waals surface area (Å²) >= 11 is 0. The van der Waals surface area contributed by atoms with Crippen molar-refractivity contribution in [1.29, 1.82) is 0 Å². The van der Waals surface area contributed by atoms with Gasteiger partial charge in [0.1, 0.15) is 5.82 Å². The summed E-state index contributed by atoms with van der Waals surface area (Å²) in [6.45, 7) is 2.68. The Kier molecular flexibility index (Phi) is 3.96. The molecule has 0 radical (unpaired) electrons. The molecular weight excluding hydrogens is 283 g/mol. The first-order chi connectivity index (χ1) is 10.6. The molecule has 1 amide bonds. The number of likely N-dealkylation sites (tertiary alicyclic amines) is 1. The zero-order valence-electron chi connectivity index (χ0n) is 12.6. The van der Waals surface area contributed by atoms with Crippen LogP contribution in [0.3, 0.4) is 0 Å². The molecule has 1 unspecified atom stereocenters. The molecule has 3 rings (SSSR count). The molecule has 22 heavy (non-hydrogen) atoms. The van der Waals surface area contributed by atoms with E-state index in [1.54, 1.807) is 4.90 Å². The average molecular weight is 302 g/mol. The summed E-state index contributed by atoms with van der Waals surface area (Å²) < 4.78 is 13.2. The average Bonchev–Trinajstić information content (AvgIpc) is 2.96. The number of benzene rings is 1. The van der Waals surface area contributed by atoms with Crippen LogP contribution in [-0.4, -0.2) is 34.2 Å². The monoisotopic (exact) mass is 302 g/mol. The molecule has 1 atom stereocenters. The highest BCUT2D eigenvalue weighted by Gasteiger charge is 2.31. The molecule has 116 valence electrons. The Labute approximate surface area is 128 Å². The first-order valence-corrected chi connectivity index (χ1v) is 7.73. The van der Waals surface area contributed by atoms with Crippen LogP contribution in [0, 0.1) is 5.82 Å². The molecule has 2 heterocycles. The van der Waals surface area contributed by atoms with Crippen LogP contribution in [-0.2, 0) is 4.79 Å². The van der Waals surface area contributed by atoms with E-state index in [1.807, 2.05) is 6.92 Å². The number of nitrogens with zero attached hydrogens (tertiary/aromatic N) is 1. The highest BCUT2D eigenvalue weighted by Crippen LogP contribution is 2.23. The van der Waals surface area contributed by atoms with Crippen molar-refractivity contribution < 1.29 is 14.0 Å². The number of nitrogens with one attached hydrogen (secondary N) is 1. The zero-order chi connectivity index (χ0) is 15.7. The van der Waals surface area contributed by atoms with Crippen LogP contribution >= 0.6 is 0 Å². The van der Waals surface area contributed by atoms with Gasteiger partial charge in [0.2, 0.25) is 0 Å². The minimum Gasteiger partial charge on any atom is -0.360 e. The summed E-state index contributed by atoms with van der Waals surface area (Å²) in [4.78, 5) is 29.7. The van der Waals surface area contributed by atoms with E-state index in [9.17, 15) is 14.0 Å². The van der Waals surface area contributed by atoms with E-state index in [0.717, 1.165) is 25.7 Å². The third-order valence-electron chi connectivity index (χ3n) is 4.44. The molecule has 1 fully saturated rings. The van der Waals surface area contributed by atoms with Crippen molar-refractivity contribution in [2.75, 3.05) is 6.54 Å². The van der Waals surface area contributed by atoms with Crippen molar-refractivity contribution in [1.82, 2.24) is 9.88 Å². The number of ketones is 1. The fourth-order valence-electron chi connectivity index (χ4n) is 3.22. The molecular formula is C17H19FN2O2. The number of Topliss-reactive ketones (excluding diaryl/α,β-unsaturated/α-hetero) is 1. The molecule has 0 bridgehead atoms. The lowest BCUT2D eigenvalue weighted by molar-refractivity contribution is -0.130. The van der Waals surface area contributed by atoms with E-state index in [1.165, 1.54) is 24.4 Å². The van der Waals surface area contributed by atoms with Crippen LogP contribution in [0.5, 0.6) is 0 Å². The second kappa shape index (κ2) is 5.91. The van der Waals surface area contributed by atoms with Gasteiger partial charge in [-0.3, -0.25) is 9.59 Å². The summed E-state index contributed by atoms with van der Waals surface area (Å²) in [6.07, 6.45) is 5.35. The van der Waals surface area contributed by atoms with Gasteiger partial charge in [0.15, 0.2) is 0 Å². The first-order valence-electron chi connectivity index (χ1n) is 7.73. The number of rotatable bonds is 3. The molecule has 1 aromatic carbocycles. The van der Waals surface area contributed by atoms with Gasteiger partial charge in [-0.1, -0.05) is 6.92 Å². The van der Waals surface area contributed by atoms with E-state index in [4.69, 9.17) is 0 Å². The highest BCUT2D eigenvalue weighted by molar-refractivity contribution is 6.44. The number of carbonyl (C=O) groups is 2. The number of aromatic nitrogens is 1. The lowest BCUT2D eigenvalue weighted by Crippen LogP contribution is -2.46. The quantitative estimate of drug-likeness (QED) is 0.699. The van der Waals surface area contributed by atoms with Crippen LogP contribution in [0.15, 0.2) is 24.4 Å². The maximum absolute atomic E-state index is 13.2. The number of amides is 1. The fourth-order valence-corrected chi connectivity index (χ4v) is 3.22. The molecule has 0 spiro atoms. The molecule has 1 aliphatic heterocycles. The highest BCUT2D eigenvalue weighted by atomic mass is 19.1. The Bertz CT molecular complexity index is 723. The van der Waals surface area contributed by atoms with E-state index < -0.39 is 11.7 Å². The van der Waals surface area contributed by atoms with E-state index in [-0.39, 0.29) is 11.9 Å². The molecule has 5 heteroatoms. The smallest absolute Gasteiger partial charge is 0.295 e. The van der Waals surface area contributed by atoms with E-state index >= 15 is 0 Å². The minimum atomic E-state index is -0.516. The van der Waals surface area contributed by atoms with Gasteiger partial charge in [0, 0.05) is 29.7 Å². The number of hydrogen-bond acceptors (Lipinski definition) is 2. The molecule has 0 saturated carbocycles. The maximum atomic E-state index is 13.2. The van der Waals surface area contributed by atoms with Crippen LogP contribution in [0.25, 0.3) is 10.9 Å². The van der Waals surface area contributed by atoms with Gasteiger partial charge >= 0.3 is 0 Å². The first kappa shape index (κ1) is 14.8. The molecule has 1 aliphatic rings. The zero-order valence-corrected chi connectivity index (χ0v) is 12.6. The van der Waals surface area contributed by atoms with Crippen molar-refractivity contribution in [3.05, 3.63) is 35.8 Å². The topological polar surface area (TPSA) is 53.2 Å². The predicted octanol–water partition coefficient (Wildman–Crippen LogP) is 3.28. The second-order valence-corrected chi connectivity index (χ2v) is 5.78. The van der Waals surface area contributed by atoms with Crippen molar-refractivity contribution in [2.45, 2.75) is 38.6 Å². The largest absolute Gasteiger partial charge is 0.360 e. The van der Waals surface area contributed by atoms with Gasteiger partial charge in [-0.25, -0.2) is 4.39 Å². The summed E-state index contributed by atoms with van der Waals surface area (Å²) in [5.74, 6) is -1.34. The van der Waals surface area contributed by atoms with Crippen molar-refractivity contribution in [3.8, 4) is 0 Å². The number of fused-ring (bicyclic) bond motifs is 1. The molecule has 4 nitrogen and oxygen atoms in total. The lowest BCUT2D eigenvalue weighted by Gasteiger charge is -2.34. The van der Waals surface area contributed by atoms with Gasteiger partial charge in [0.25, 0.3) is 11.7 Å². The Morgan fingerprint density at radius 3 is 2.95 bits per heavy atom. The van der Waals surface area contributed by atoms with Gasteiger partial charge in [-0.05, 0) is 43.9 Å². The Morgan fingerprint density at radius 2 is 2.18 bits per heavy atom. The number of piperidine rings is 1. The molecule has 2 aromatic rings. The number of halogens is 1. The van der Waals surface area contributed by atoms with Crippen LogP contribution < -0.4 is 0 Å². The van der Waals surface area contributed by atoms with Crippen molar-refractivity contribution in [3.63, 3.8) is 0 Å². The third kappa shape index (κ3) is 2.51. The Morgan fingerprint density at radius 1 is 1.36 bits per heavy atom. The molecule has 1 saturated heterocycles. The molecule has 1 aromatic heterocycles. The molecule has 1 N–H and O–H groups in total. The summed E-state index contributed by atoms with van der Waals surface area (Å²) in [6, 6.07) is 4.31. The lowest BCUT2D eigenvalue weighted by atomic mass is 9.98. The van der Waals surface area contributed by atoms with E-state index in [0.29, 0.717) is 23.0 Å². The van der Waals surface area contributed by atoms with Gasteiger partial charge in [-0.15, -0.1) is 0 Å². The summed E-state index contributed by atoms with van der Waals surface area (Å²) in [5.41, 5.74) is 0.849. The number of carbonyl (C=O) groups excluding carboxylic acids is 2. The number of H-pyrrole nitrogens is 1. The van der Waals surface area contributed by atoms with Crippen molar-refractivity contribution in [2.24, 2.45) is 0 Å². The minimum absolute atomic E-state index is 0.146. The fraction of sp³-hybridized carbons (Fsp3) is 0.412. The number of hydrogen-bond donors (Lipinski definition) is 1. The summed E-state index contributed by atoms with van der Waals surface area (Å²) in [5, 5.41) is 0.588.